The van der Waals surface area contributed by atoms with Gasteiger partial charge in [0.15, 0.2) is 0 Å². The Kier molecular flexibility index (Phi) is 10.5. The SMILES string of the molecule is CCOc1cccc(OCCCCCCCCCBr)c1. The first kappa shape index (κ1) is 17.4. The van der Waals surface area contributed by atoms with Crippen LogP contribution in [0.15, 0.2) is 24.3 Å². The molecule has 0 atom stereocenters. The second-order valence-electron chi connectivity index (χ2n) is 4.92. The standard InChI is InChI=1S/C17H27BrO2/c1-2-19-16-11-10-12-17(15-16)20-14-9-7-5-3-4-6-8-13-18/h10-12,15H,2-9,13-14H2,1H3. The summed E-state index contributed by atoms with van der Waals surface area (Å²) in [6, 6.07) is 7.89. The monoisotopic (exact) mass is 342 g/mol. The van der Waals surface area contributed by atoms with E-state index in [2.05, 4.69) is 15.9 Å². The van der Waals surface area contributed by atoms with Gasteiger partial charge in [-0.1, -0.05) is 54.1 Å². The van der Waals surface area contributed by atoms with Crippen LogP contribution in [0, 0.1) is 0 Å². The van der Waals surface area contributed by atoms with Crippen molar-refractivity contribution in [1.29, 1.82) is 0 Å². The molecule has 2 nitrogen and oxygen atoms in total. The molecule has 20 heavy (non-hydrogen) atoms. The summed E-state index contributed by atoms with van der Waals surface area (Å²) in [5.41, 5.74) is 0. The molecule has 0 aliphatic heterocycles. The molecule has 0 N–H and O–H groups in total. The molecule has 0 saturated heterocycles. The zero-order valence-electron chi connectivity index (χ0n) is 12.6. The first-order chi connectivity index (χ1) is 9.86. The van der Waals surface area contributed by atoms with Crippen LogP contribution in [0.3, 0.4) is 0 Å². The maximum absolute atomic E-state index is 5.75. The second-order valence-corrected chi connectivity index (χ2v) is 5.71. The topological polar surface area (TPSA) is 18.5 Å². The van der Waals surface area contributed by atoms with E-state index >= 15 is 0 Å². The van der Waals surface area contributed by atoms with Crippen molar-refractivity contribution in [2.24, 2.45) is 0 Å². The van der Waals surface area contributed by atoms with Crippen molar-refractivity contribution in [3.63, 3.8) is 0 Å². The number of benzene rings is 1. The van der Waals surface area contributed by atoms with Crippen molar-refractivity contribution >= 4 is 15.9 Å². The van der Waals surface area contributed by atoms with Gasteiger partial charge in [-0.15, -0.1) is 0 Å². The van der Waals surface area contributed by atoms with Crippen molar-refractivity contribution in [2.75, 3.05) is 18.5 Å². The van der Waals surface area contributed by atoms with E-state index in [1.807, 2.05) is 31.2 Å². The smallest absolute Gasteiger partial charge is 0.122 e. The average Bonchev–Trinajstić information content (AvgIpc) is 2.46. The lowest BCUT2D eigenvalue weighted by molar-refractivity contribution is 0.298. The third-order valence-corrected chi connectivity index (χ3v) is 3.72. The van der Waals surface area contributed by atoms with Crippen LogP contribution in [0.1, 0.15) is 51.9 Å². The molecule has 0 aliphatic carbocycles. The fourth-order valence-electron chi connectivity index (χ4n) is 2.09. The van der Waals surface area contributed by atoms with Gasteiger partial charge < -0.3 is 9.47 Å². The predicted molar refractivity (Wildman–Crippen MR) is 89.2 cm³/mol. The first-order valence-corrected chi connectivity index (χ1v) is 8.90. The number of hydrogen-bond acceptors (Lipinski definition) is 2. The lowest BCUT2D eigenvalue weighted by atomic mass is 10.1. The molecular weight excluding hydrogens is 316 g/mol. The van der Waals surface area contributed by atoms with Crippen molar-refractivity contribution in [1.82, 2.24) is 0 Å². The third kappa shape index (κ3) is 8.47. The van der Waals surface area contributed by atoms with E-state index in [9.17, 15) is 0 Å². The van der Waals surface area contributed by atoms with Crippen molar-refractivity contribution in [3.8, 4) is 11.5 Å². The van der Waals surface area contributed by atoms with Crippen LogP contribution in [0.25, 0.3) is 0 Å². The highest BCUT2D eigenvalue weighted by atomic mass is 79.9. The van der Waals surface area contributed by atoms with Crippen LogP contribution in [-0.4, -0.2) is 18.5 Å². The Morgan fingerprint density at radius 3 is 2.10 bits per heavy atom. The normalized spacial score (nSPS) is 10.5. The van der Waals surface area contributed by atoms with Crippen molar-refractivity contribution < 1.29 is 9.47 Å². The average molecular weight is 343 g/mol. The van der Waals surface area contributed by atoms with Crippen LogP contribution >= 0.6 is 15.9 Å². The maximum atomic E-state index is 5.75. The molecule has 0 bridgehead atoms. The van der Waals surface area contributed by atoms with Gasteiger partial charge in [0.2, 0.25) is 0 Å². The van der Waals surface area contributed by atoms with Gasteiger partial charge in [0.25, 0.3) is 0 Å². The van der Waals surface area contributed by atoms with Crippen LogP contribution in [-0.2, 0) is 0 Å². The van der Waals surface area contributed by atoms with Crippen LogP contribution < -0.4 is 9.47 Å². The van der Waals surface area contributed by atoms with E-state index in [0.29, 0.717) is 6.61 Å². The highest BCUT2D eigenvalue weighted by Gasteiger charge is 1.97. The fourth-order valence-corrected chi connectivity index (χ4v) is 2.49. The Hall–Kier alpha value is -0.700. The Balaban J connectivity index is 2.02. The molecule has 0 aliphatic rings. The van der Waals surface area contributed by atoms with Crippen LogP contribution in [0.2, 0.25) is 0 Å². The molecule has 1 aromatic carbocycles. The molecule has 114 valence electrons. The van der Waals surface area contributed by atoms with E-state index in [0.717, 1.165) is 29.9 Å². The number of rotatable bonds is 12. The molecule has 3 heteroatoms. The van der Waals surface area contributed by atoms with E-state index in [1.165, 1.54) is 38.5 Å². The third-order valence-electron chi connectivity index (χ3n) is 3.16. The van der Waals surface area contributed by atoms with Crippen LogP contribution in [0.5, 0.6) is 11.5 Å². The summed E-state index contributed by atoms with van der Waals surface area (Å²) < 4.78 is 11.2. The summed E-state index contributed by atoms with van der Waals surface area (Å²) in [4.78, 5) is 0. The molecule has 0 heterocycles. The molecule has 0 aromatic heterocycles. The molecule has 1 rings (SSSR count). The van der Waals surface area contributed by atoms with E-state index < -0.39 is 0 Å². The van der Waals surface area contributed by atoms with Gasteiger partial charge in [-0.3, -0.25) is 0 Å². The van der Waals surface area contributed by atoms with Crippen LogP contribution in [0.4, 0.5) is 0 Å². The Morgan fingerprint density at radius 2 is 1.45 bits per heavy atom. The second kappa shape index (κ2) is 12.1. The lowest BCUT2D eigenvalue weighted by Crippen LogP contribution is -1.98. The zero-order chi connectivity index (χ0) is 14.5. The van der Waals surface area contributed by atoms with E-state index in [4.69, 9.17) is 9.47 Å². The fraction of sp³-hybridized carbons (Fsp3) is 0.647. The summed E-state index contributed by atoms with van der Waals surface area (Å²) in [5.74, 6) is 1.80. The number of alkyl halides is 1. The molecule has 1 aromatic rings. The Morgan fingerprint density at radius 1 is 0.850 bits per heavy atom. The molecule has 0 fully saturated rings. The zero-order valence-corrected chi connectivity index (χ0v) is 14.2. The lowest BCUT2D eigenvalue weighted by Gasteiger charge is -2.08. The van der Waals surface area contributed by atoms with Gasteiger partial charge >= 0.3 is 0 Å². The molecule has 0 spiro atoms. The Bertz CT molecular complexity index is 342. The minimum Gasteiger partial charge on any atom is -0.494 e. The maximum Gasteiger partial charge on any atom is 0.122 e. The van der Waals surface area contributed by atoms with Gasteiger partial charge in [-0.2, -0.15) is 0 Å². The number of halogens is 1. The highest BCUT2D eigenvalue weighted by molar-refractivity contribution is 9.09. The molecule has 0 radical (unpaired) electrons. The summed E-state index contributed by atoms with van der Waals surface area (Å²) >= 11 is 3.46. The number of unbranched alkanes of at least 4 members (excludes halogenated alkanes) is 6. The number of hydrogen-bond donors (Lipinski definition) is 0. The first-order valence-electron chi connectivity index (χ1n) is 7.78. The van der Waals surface area contributed by atoms with Gasteiger partial charge in [0, 0.05) is 11.4 Å². The number of ether oxygens (including phenoxy) is 2. The summed E-state index contributed by atoms with van der Waals surface area (Å²) in [6.07, 6.45) is 9.10. The summed E-state index contributed by atoms with van der Waals surface area (Å²) in [6.45, 7) is 3.49. The molecule has 0 amide bonds. The van der Waals surface area contributed by atoms with E-state index in [-0.39, 0.29) is 0 Å². The summed E-state index contributed by atoms with van der Waals surface area (Å²) in [7, 11) is 0. The summed E-state index contributed by atoms with van der Waals surface area (Å²) in [5, 5.41) is 1.14. The van der Waals surface area contributed by atoms with Gasteiger partial charge in [0.05, 0.1) is 13.2 Å². The minimum atomic E-state index is 0.693. The van der Waals surface area contributed by atoms with Crippen molar-refractivity contribution in [3.05, 3.63) is 24.3 Å². The predicted octanol–water partition coefficient (Wildman–Crippen LogP) is 5.59. The van der Waals surface area contributed by atoms with Crippen molar-refractivity contribution in [2.45, 2.75) is 51.9 Å². The van der Waals surface area contributed by atoms with Gasteiger partial charge in [-0.25, -0.2) is 0 Å². The largest absolute Gasteiger partial charge is 0.494 e. The molecule has 0 saturated carbocycles. The molecule has 0 unspecified atom stereocenters. The van der Waals surface area contributed by atoms with Gasteiger partial charge in [-0.05, 0) is 31.9 Å². The quantitative estimate of drug-likeness (QED) is 0.364. The van der Waals surface area contributed by atoms with E-state index in [1.54, 1.807) is 0 Å². The minimum absolute atomic E-state index is 0.693. The molecular formula is C17H27BrO2. The highest BCUT2D eigenvalue weighted by Crippen LogP contribution is 2.19. The Labute approximate surface area is 132 Å². The van der Waals surface area contributed by atoms with Gasteiger partial charge in [0.1, 0.15) is 11.5 Å².